The van der Waals surface area contributed by atoms with Gasteiger partial charge in [-0.05, 0) is 43.2 Å². The van der Waals surface area contributed by atoms with Crippen molar-refractivity contribution in [1.82, 2.24) is 5.32 Å². The van der Waals surface area contributed by atoms with E-state index in [1.807, 2.05) is 25.1 Å². The number of rotatable bonds is 7. The van der Waals surface area contributed by atoms with Gasteiger partial charge in [-0.3, -0.25) is 4.79 Å². The van der Waals surface area contributed by atoms with Crippen LogP contribution in [0.5, 0.6) is 5.75 Å². The molecule has 0 aromatic heterocycles. The number of nitrogens with one attached hydrogen (secondary N) is 2. The molecule has 150 valence electrons. The van der Waals surface area contributed by atoms with Gasteiger partial charge < -0.3 is 19.9 Å². The molecule has 1 atom stereocenters. The van der Waals surface area contributed by atoms with Gasteiger partial charge in [0, 0.05) is 6.54 Å². The van der Waals surface area contributed by atoms with Crippen LogP contribution < -0.4 is 19.9 Å². The normalized spacial score (nSPS) is 15.9. The smallest absolute Gasteiger partial charge is 0.278 e. The fraction of sp³-hybridized carbons (Fsp3) is 0.409. The van der Waals surface area contributed by atoms with Gasteiger partial charge in [0.05, 0.1) is 39.0 Å². The SMILES string of the molecule is COc1ccccc1N1CC[NH+]([C@H](C)C(=O)NCCc2ccc(F)cc2)CC1. The summed E-state index contributed by atoms with van der Waals surface area (Å²) in [5.41, 5.74) is 2.13. The van der Waals surface area contributed by atoms with Gasteiger partial charge in [-0.25, -0.2) is 4.39 Å². The van der Waals surface area contributed by atoms with Gasteiger partial charge in [-0.15, -0.1) is 0 Å². The quantitative estimate of drug-likeness (QED) is 0.754. The lowest BCUT2D eigenvalue weighted by Gasteiger charge is -2.36. The number of hydrogen-bond acceptors (Lipinski definition) is 3. The molecular formula is C22H29FN3O2+. The molecule has 0 radical (unpaired) electrons. The first-order valence-corrected chi connectivity index (χ1v) is 9.83. The number of halogens is 1. The lowest BCUT2D eigenvalue weighted by atomic mass is 10.1. The van der Waals surface area contributed by atoms with Crippen molar-refractivity contribution in [3.8, 4) is 5.75 Å². The Morgan fingerprint density at radius 3 is 2.54 bits per heavy atom. The molecule has 28 heavy (non-hydrogen) atoms. The monoisotopic (exact) mass is 386 g/mol. The number of anilines is 1. The van der Waals surface area contributed by atoms with E-state index in [-0.39, 0.29) is 17.8 Å². The molecule has 0 spiro atoms. The van der Waals surface area contributed by atoms with Crippen LogP contribution >= 0.6 is 0 Å². The molecule has 1 aliphatic heterocycles. The van der Waals surface area contributed by atoms with E-state index >= 15 is 0 Å². The van der Waals surface area contributed by atoms with E-state index in [1.54, 1.807) is 19.2 Å². The first kappa shape index (κ1) is 20.1. The van der Waals surface area contributed by atoms with Crippen molar-refractivity contribution in [2.24, 2.45) is 0 Å². The molecule has 0 saturated carbocycles. The number of carbonyl (C=O) groups is 1. The van der Waals surface area contributed by atoms with Gasteiger partial charge in [0.1, 0.15) is 11.6 Å². The maximum absolute atomic E-state index is 12.9. The molecule has 3 rings (SSSR count). The van der Waals surface area contributed by atoms with E-state index in [2.05, 4.69) is 16.3 Å². The van der Waals surface area contributed by atoms with Crippen LogP contribution in [0.15, 0.2) is 48.5 Å². The number of carbonyl (C=O) groups excluding carboxylic acids is 1. The summed E-state index contributed by atoms with van der Waals surface area (Å²) in [6.45, 7) is 6.15. The Kier molecular flexibility index (Phi) is 6.87. The van der Waals surface area contributed by atoms with Gasteiger partial charge >= 0.3 is 0 Å². The number of hydrogen-bond donors (Lipinski definition) is 2. The highest BCUT2D eigenvalue weighted by atomic mass is 19.1. The number of quaternary nitrogens is 1. The van der Waals surface area contributed by atoms with E-state index in [0.717, 1.165) is 43.2 Å². The zero-order valence-electron chi connectivity index (χ0n) is 16.6. The minimum absolute atomic E-state index is 0.0721. The van der Waals surface area contributed by atoms with Crippen LogP contribution in [0.4, 0.5) is 10.1 Å². The third kappa shape index (κ3) is 5.01. The molecule has 1 amide bonds. The van der Waals surface area contributed by atoms with Crippen molar-refractivity contribution in [3.63, 3.8) is 0 Å². The molecule has 2 aromatic rings. The number of piperazine rings is 1. The Morgan fingerprint density at radius 1 is 1.18 bits per heavy atom. The van der Waals surface area contributed by atoms with Gasteiger partial charge in [0.2, 0.25) is 0 Å². The number of para-hydroxylation sites is 2. The maximum Gasteiger partial charge on any atom is 0.278 e. The van der Waals surface area contributed by atoms with E-state index in [4.69, 9.17) is 4.74 Å². The van der Waals surface area contributed by atoms with Crippen molar-refractivity contribution in [2.75, 3.05) is 44.7 Å². The summed E-state index contributed by atoms with van der Waals surface area (Å²) >= 11 is 0. The highest BCUT2D eigenvalue weighted by molar-refractivity contribution is 5.79. The standard InChI is InChI=1S/C22H28FN3O2/c1-17(22(27)24-12-11-18-7-9-19(23)10-8-18)25-13-15-26(16-14-25)20-5-3-4-6-21(20)28-2/h3-10,17H,11-16H2,1-2H3,(H,24,27)/p+1/t17-/m1/s1. The number of nitrogens with zero attached hydrogens (tertiary/aromatic N) is 1. The average molecular weight is 386 g/mol. The fourth-order valence-corrected chi connectivity index (χ4v) is 3.68. The zero-order chi connectivity index (χ0) is 19.9. The summed E-state index contributed by atoms with van der Waals surface area (Å²) in [5, 5.41) is 3.02. The van der Waals surface area contributed by atoms with Crippen LogP contribution in [0, 0.1) is 5.82 Å². The molecular weight excluding hydrogens is 357 g/mol. The highest BCUT2D eigenvalue weighted by Gasteiger charge is 2.29. The molecule has 1 heterocycles. The average Bonchev–Trinajstić information content (AvgIpc) is 2.74. The summed E-state index contributed by atoms with van der Waals surface area (Å²) in [4.78, 5) is 16.1. The maximum atomic E-state index is 12.9. The van der Waals surface area contributed by atoms with Crippen LogP contribution in [0.1, 0.15) is 12.5 Å². The Balaban J connectivity index is 1.45. The van der Waals surface area contributed by atoms with Crippen LogP contribution in [0.2, 0.25) is 0 Å². The van der Waals surface area contributed by atoms with Gasteiger partial charge in [0.25, 0.3) is 5.91 Å². The van der Waals surface area contributed by atoms with Crippen molar-refractivity contribution >= 4 is 11.6 Å². The molecule has 1 aliphatic rings. The summed E-state index contributed by atoms with van der Waals surface area (Å²) in [6, 6.07) is 14.4. The first-order valence-electron chi connectivity index (χ1n) is 9.83. The van der Waals surface area contributed by atoms with E-state index in [9.17, 15) is 9.18 Å². The summed E-state index contributed by atoms with van der Waals surface area (Å²) in [5.74, 6) is 0.720. The first-order chi connectivity index (χ1) is 13.6. The minimum Gasteiger partial charge on any atom is -0.495 e. The second kappa shape index (κ2) is 9.55. The topological polar surface area (TPSA) is 46.0 Å². The van der Waals surface area contributed by atoms with Crippen LogP contribution in [0.25, 0.3) is 0 Å². The molecule has 2 aromatic carbocycles. The largest absolute Gasteiger partial charge is 0.495 e. The molecule has 6 heteroatoms. The van der Waals surface area contributed by atoms with Gasteiger partial charge in [-0.1, -0.05) is 24.3 Å². The molecule has 0 unspecified atom stereocenters. The lowest BCUT2D eigenvalue weighted by Crippen LogP contribution is -3.19. The van der Waals surface area contributed by atoms with Gasteiger partial charge in [0.15, 0.2) is 6.04 Å². The van der Waals surface area contributed by atoms with Crippen molar-refractivity contribution in [3.05, 3.63) is 59.9 Å². The number of benzene rings is 2. The third-order valence-corrected chi connectivity index (χ3v) is 5.46. The second-order valence-corrected chi connectivity index (χ2v) is 7.21. The predicted molar refractivity (Wildman–Crippen MR) is 108 cm³/mol. The van der Waals surface area contributed by atoms with E-state index in [1.165, 1.54) is 17.0 Å². The second-order valence-electron chi connectivity index (χ2n) is 7.21. The molecule has 1 fully saturated rings. The van der Waals surface area contributed by atoms with E-state index < -0.39 is 0 Å². The third-order valence-electron chi connectivity index (χ3n) is 5.46. The summed E-state index contributed by atoms with van der Waals surface area (Å²) in [6.07, 6.45) is 0.704. The van der Waals surface area contributed by atoms with Crippen molar-refractivity contribution < 1.29 is 18.8 Å². The summed E-state index contributed by atoms with van der Waals surface area (Å²) < 4.78 is 18.4. The van der Waals surface area contributed by atoms with Crippen LogP contribution in [0.3, 0.4) is 0 Å². The number of ether oxygens (including phenoxy) is 1. The summed E-state index contributed by atoms with van der Waals surface area (Å²) in [7, 11) is 1.69. The van der Waals surface area contributed by atoms with Crippen molar-refractivity contribution in [2.45, 2.75) is 19.4 Å². The number of methoxy groups -OCH3 is 1. The lowest BCUT2D eigenvalue weighted by molar-refractivity contribution is -0.914. The Morgan fingerprint density at radius 2 is 1.86 bits per heavy atom. The molecule has 0 bridgehead atoms. The van der Waals surface area contributed by atoms with Crippen LogP contribution in [-0.2, 0) is 11.2 Å². The Bertz CT molecular complexity index is 774. The molecule has 1 saturated heterocycles. The molecule has 0 aliphatic carbocycles. The fourth-order valence-electron chi connectivity index (χ4n) is 3.68. The minimum atomic E-state index is -0.239. The Labute approximate surface area is 166 Å². The molecule has 5 nitrogen and oxygen atoms in total. The zero-order valence-corrected chi connectivity index (χ0v) is 16.6. The number of amides is 1. The van der Waals surface area contributed by atoms with Gasteiger partial charge in [-0.2, -0.15) is 0 Å². The van der Waals surface area contributed by atoms with Crippen LogP contribution in [-0.4, -0.2) is 51.8 Å². The van der Waals surface area contributed by atoms with Crippen molar-refractivity contribution in [1.29, 1.82) is 0 Å². The Hall–Kier alpha value is -2.60. The van der Waals surface area contributed by atoms with E-state index in [0.29, 0.717) is 13.0 Å². The highest BCUT2D eigenvalue weighted by Crippen LogP contribution is 2.27. The molecule has 2 N–H and O–H groups in total. The predicted octanol–water partition coefficient (Wildman–Crippen LogP) is 1.29.